The Hall–Kier alpha value is -1.85. The fourth-order valence-corrected chi connectivity index (χ4v) is 2.96. The number of rotatable bonds is 6. The Morgan fingerprint density at radius 2 is 1.95 bits per heavy atom. The number of hydrogen-bond acceptors (Lipinski definition) is 5. The molecule has 0 aliphatic carbocycles. The van der Waals surface area contributed by atoms with Crippen LogP contribution in [-0.2, 0) is 12.3 Å². The van der Waals surface area contributed by atoms with Gasteiger partial charge in [-0.3, -0.25) is 0 Å². The van der Waals surface area contributed by atoms with Crippen LogP contribution in [0.2, 0.25) is 0 Å². The van der Waals surface area contributed by atoms with E-state index >= 15 is 0 Å². The first kappa shape index (κ1) is 14.1. The van der Waals surface area contributed by atoms with Gasteiger partial charge in [-0.2, -0.15) is 0 Å². The third-order valence-electron chi connectivity index (χ3n) is 3.12. The van der Waals surface area contributed by atoms with Crippen molar-refractivity contribution < 1.29 is 4.42 Å². The standard InChI is InChI=1S/C16H17N3OS/c1-2-17-9-12-7-8-13(20-12)10-21-16-14-5-3-4-6-15(14)18-11-19-16/h3-8,11,17H,2,9-10H2,1H3. The Kier molecular flexibility index (Phi) is 4.52. The molecule has 0 spiro atoms. The number of benzene rings is 1. The summed E-state index contributed by atoms with van der Waals surface area (Å²) in [5.74, 6) is 2.71. The lowest BCUT2D eigenvalue weighted by Gasteiger charge is -2.03. The van der Waals surface area contributed by atoms with Crippen LogP contribution in [0.4, 0.5) is 0 Å². The number of thioether (sulfide) groups is 1. The van der Waals surface area contributed by atoms with Gasteiger partial charge in [0, 0.05) is 5.39 Å². The average molecular weight is 299 g/mol. The molecule has 0 aliphatic heterocycles. The molecule has 0 fully saturated rings. The third kappa shape index (κ3) is 3.43. The van der Waals surface area contributed by atoms with Gasteiger partial charge in [-0.15, -0.1) is 0 Å². The monoisotopic (exact) mass is 299 g/mol. The van der Waals surface area contributed by atoms with E-state index < -0.39 is 0 Å². The molecule has 2 aromatic heterocycles. The maximum atomic E-state index is 5.79. The number of fused-ring (bicyclic) bond motifs is 1. The zero-order chi connectivity index (χ0) is 14.5. The first-order chi connectivity index (χ1) is 10.4. The van der Waals surface area contributed by atoms with Crippen LogP contribution < -0.4 is 5.32 Å². The van der Waals surface area contributed by atoms with E-state index in [4.69, 9.17) is 4.42 Å². The maximum Gasteiger partial charge on any atom is 0.117 e. The minimum atomic E-state index is 0.771. The summed E-state index contributed by atoms with van der Waals surface area (Å²) >= 11 is 1.67. The predicted octanol–water partition coefficient (Wildman–Crippen LogP) is 3.62. The molecule has 0 radical (unpaired) electrons. The number of para-hydroxylation sites is 1. The van der Waals surface area contributed by atoms with Gasteiger partial charge in [0.2, 0.25) is 0 Å². The minimum Gasteiger partial charge on any atom is -0.464 e. The van der Waals surface area contributed by atoms with Crippen LogP contribution >= 0.6 is 11.8 Å². The van der Waals surface area contributed by atoms with Gasteiger partial charge in [-0.1, -0.05) is 36.9 Å². The molecule has 4 nitrogen and oxygen atoms in total. The first-order valence-corrected chi connectivity index (χ1v) is 7.96. The maximum absolute atomic E-state index is 5.79. The van der Waals surface area contributed by atoms with Crippen LogP contribution in [0.3, 0.4) is 0 Å². The Balaban J connectivity index is 1.70. The van der Waals surface area contributed by atoms with Crippen molar-refractivity contribution in [1.82, 2.24) is 15.3 Å². The molecule has 0 saturated carbocycles. The summed E-state index contributed by atoms with van der Waals surface area (Å²) in [6.45, 7) is 3.80. The van der Waals surface area contributed by atoms with E-state index in [1.165, 1.54) is 0 Å². The number of hydrogen-bond donors (Lipinski definition) is 1. The highest BCUT2D eigenvalue weighted by Gasteiger charge is 2.07. The van der Waals surface area contributed by atoms with Gasteiger partial charge >= 0.3 is 0 Å². The van der Waals surface area contributed by atoms with E-state index in [-0.39, 0.29) is 0 Å². The van der Waals surface area contributed by atoms with Crippen LogP contribution in [0.1, 0.15) is 18.4 Å². The van der Waals surface area contributed by atoms with Crippen LogP contribution in [0.5, 0.6) is 0 Å². The van der Waals surface area contributed by atoms with Crippen LogP contribution in [-0.4, -0.2) is 16.5 Å². The molecule has 0 saturated heterocycles. The van der Waals surface area contributed by atoms with E-state index in [0.29, 0.717) is 0 Å². The molecule has 21 heavy (non-hydrogen) atoms. The number of nitrogens with one attached hydrogen (secondary N) is 1. The largest absolute Gasteiger partial charge is 0.464 e. The summed E-state index contributed by atoms with van der Waals surface area (Å²) < 4.78 is 5.79. The summed E-state index contributed by atoms with van der Waals surface area (Å²) in [6, 6.07) is 12.1. The van der Waals surface area contributed by atoms with Crippen molar-refractivity contribution in [2.75, 3.05) is 6.54 Å². The molecule has 108 valence electrons. The summed E-state index contributed by atoms with van der Waals surface area (Å²) in [5.41, 5.74) is 0.974. The SMILES string of the molecule is CCNCc1ccc(CSc2ncnc3ccccc23)o1. The molecule has 0 bridgehead atoms. The lowest BCUT2D eigenvalue weighted by atomic mass is 10.2. The molecule has 2 heterocycles. The van der Waals surface area contributed by atoms with Gasteiger partial charge in [-0.25, -0.2) is 9.97 Å². The second-order valence-corrected chi connectivity index (χ2v) is 5.60. The highest BCUT2D eigenvalue weighted by atomic mass is 32.2. The Morgan fingerprint density at radius 3 is 2.86 bits per heavy atom. The molecular formula is C16H17N3OS. The van der Waals surface area contributed by atoms with Gasteiger partial charge in [0.15, 0.2) is 0 Å². The summed E-state index contributed by atoms with van der Waals surface area (Å²) in [4.78, 5) is 8.65. The highest BCUT2D eigenvalue weighted by Crippen LogP contribution is 2.27. The lowest BCUT2D eigenvalue weighted by Crippen LogP contribution is -2.10. The Morgan fingerprint density at radius 1 is 1.10 bits per heavy atom. The van der Waals surface area contributed by atoms with E-state index in [1.807, 2.05) is 30.3 Å². The molecule has 0 amide bonds. The zero-order valence-electron chi connectivity index (χ0n) is 11.9. The van der Waals surface area contributed by atoms with Crippen molar-refractivity contribution >= 4 is 22.7 Å². The van der Waals surface area contributed by atoms with Gasteiger partial charge in [0.1, 0.15) is 22.9 Å². The molecule has 0 atom stereocenters. The van der Waals surface area contributed by atoms with Crippen molar-refractivity contribution in [2.24, 2.45) is 0 Å². The highest BCUT2D eigenvalue weighted by molar-refractivity contribution is 7.98. The lowest BCUT2D eigenvalue weighted by molar-refractivity contribution is 0.463. The molecule has 1 N–H and O–H groups in total. The molecule has 3 aromatic rings. The van der Waals surface area contributed by atoms with Gasteiger partial charge in [0.25, 0.3) is 0 Å². The molecule has 0 aliphatic rings. The van der Waals surface area contributed by atoms with Crippen LogP contribution in [0, 0.1) is 0 Å². The number of aromatic nitrogens is 2. The normalized spacial score (nSPS) is 11.1. The quantitative estimate of drug-likeness (QED) is 0.556. The van der Waals surface area contributed by atoms with E-state index in [9.17, 15) is 0 Å². The zero-order valence-corrected chi connectivity index (χ0v) is 12.7. The van der Waals surface area contributed by atoms with Crippen LogP contribution in [0.15, 0.2) is 52.2 Å². The molecule has 1 aromatic carbocycles. The second-order valence-electron chi connectivity index (χ2n) is 4.63. The average Bonchev–Trinajstić information content (AvgIpc) is 2.99. The first-order valence-electron chi connectivity index (χ1n) is 6.97. The molecule has 0 unspecified atom stereocenters. The third-order valence-corrected chi connectivity index (χ3v) is 4.15. The van der Waals surface area contributed by atoms with Gasteiger partial charge < -0.3 is 9.73 Å². The van der Waals surface area contributed by atoms with Crippen molar-refractivity contribution in [3.8, 4) is 0 Å². The number of nitrogens with zero attached hydrogens (tertiary/aromatic N) is 2. The Bertz CT molecular complexity index is 721. The minimum absolute atomic E-state index is 0.771. The fraction of sp³-hybridized carbons (Fsp3) is 0.250. The van der Waals surface area contributed by atoms with E-state index in [1.54, 1.807) is 18.1 Å². The predicted molar refractivity (Wildman–Crippen MR) is 85.2 cm³/mol. The number of furan rings is 1. The Labute approximate surface area is 128 Å². The van der Waals surface area contributed by atoms with E-state index in [2.05, 4.69) is 28.3 Å². The van der Waals surface area contributed by atoms with E-state index in [0.717, 1.165) is 46.3 Å². The molecule has 5 heteroatoms. The summed E-state index contributed by atoms with van der Waals surface area (Å²) in [7, 11) is 0. The second kappa shape index (κ2) is 6.74. The summed E-state index contributed by atoms with van der Waals surface area (Å²) in [5, 5.41) is 5.33. The van der Waals surface area contributed by atoms with Crippen LogP contribution in [0.25, 0.3) is 10.9 Å². The van der Waals surface area contributed by atoms with Crippen molar-refractivity contribution in [1.29, 1.82) is 0 Å². The van der Waals surface area contributed by atoms with Crippen molar-refractivity contribution in [3.63, 3.8) is 0 Å². The molecule has 3 rings (SSSR count). The van der Waals surface area contributed by atoms with Gasteiger partial charge in [0.05, 0.1) is 17.8 Å². The van der Waals surface area contributed by atoms with Gasteiger partial charge in [-0.05, 0) is 24.7 Å². The topological polar surface area (TPSA) is 51.0 Å². The van der Waals surface area contributed by atoms with Crippen molar-refractivity contribution in [2.45, 2.75) is 24.2 Å². The molecular weight excluding hydrogens is 282 g/mol. The smallest absolute Gasteiger partial charge is 0.117 e. The van der Waals surface area contributed by atoms with Crippen molar-refractivity contribution in [3.05, 3.63) is 54.2 Å². The fourth-order valence-electron chi connectivity index (χ4n) is 2.08. The summed E-state index contributed by atoms with van der Waals surface area (Å²) in [6.07, 6.45) is 1.61.